The number of carboxylic acids is 1. The van der Waals surface area contributed by atoms with Crippen molar-refractivity contribution in [3.8, 4) is 0 Å². The Labute approximate surface area is 125 Å². The minimum atomic E-state index is -1.01. The summed E-state index contributed by atoms with van der Waals surface area (Å²) >= 11 is 0. The Morgan fingerprint density at radius 2 is 1.90 bits per heavy atom. The standard InChI is InChI=1S/C16H24N2O3/c1-4-8-12-9-6-7-10-13(12)17-16(21)18-14(15(19)20)11(3)5-2/h6-7,9-11,14H,4-5,8H2,1-3H3,(H,19,20)(H2,17,18,21)/t11-,14-/m0/s1. The molecule has 0 aliphatic carbocycles. The highest BCUT2D eigenvalue weighted by Crippen LogP contribution is 2.17. The van der Waals surface area contributed by atoms with Gasteiger partial charge in [0.05, 0.1) is 0 Å². The van der Waals surface area contributed by atoms with E-state index in [2.05, 4.69) is 17.6 Å². The molecule has 0 heterocycles. The average molecular weight is 292 g/mol. The summed E-state index contributed by atoms with van der Waals surface area (Å²) in [5.74, 6) is -1.14. The van der Waals surface area contributed by atoms with Crippen LogP contribution < -0.4 is 10.6 Å². The fraction of sp³-hybridized carbons (Fsp3) is 0.500. The number of carbonyl (C=O) groups is 2. The molecule has 0 radical (unpaired) electrons. The van der Waals surface area contributed by atoms with Crippen LogP contribution in [-0.4, -0.2) is 23.1 Å². The second-order valence-electron chi connectivity index (χ2n) is 5.21. The van der Waals surface area contributed by atoms with E-state index in [1.807, 2.05) is 38.1 Å². The minimum absolute atomic E-state index is 0.126. The van der Waals surface area contributed by atoms with E-state index in [1.54, 1.807) is 0 Å². The zero-order chi connectivity index (χ0) is 15.8. The van der Waals surface area contributed by atoms with Crippen LogP contribution in [0.4, 0.5) is 10.5 Å². The van der Waals surface area contributed by atoms with Gasteiger partial charge in [-0.3, -0.25) is 0 Å². The second kappa shape index (κ2) is 8.29. The number of aliphatic carboxylic acids is 1. The van der Waals surface area contributed by atoms with E-state index in [4.69, 9.17) is 0 Å². The van der Waals surface area contributed by atoms with Crippen LogP contribution in [0.2, 0.25) is 0 Å². The van der Waals surface area contributed by atoms with Gasteiger partial charge in [-0.1, -0.05) is 51.8 Å². The first-order chi connectivity index (χ1) is 9.99. The number of hydrogen-bond acceptors (Lipinski definition) is 2. The molecule has 5 nitrogen and oxygen atoms in total. The van der Waals surface area contributed by atoms with Crippen molar-refractivity contribution in [2.75, 3.05) is 5.32 Å². The molecular formula is C16H24N2O3. The third-order valence-electron chi connectivity index (χ3n) is 3.55. The van der Waals surface area contributed by atoms with Crippen molar-refractivity contribution in [3.63, 3.8) is 0 Å². The van der Waals surface area contributed by atoms with Crippen LogP contribution >= 0.6 is 0 Å². The van der Waals surface area contributed by atoms with E-state index in [-0.39, 0.29) is 5.92 Å². The lowest BCUT2D eigenvalue weighted by molar-refractivity contribution is -0.140. The molecule has 1 aromatic rings. The molecule has 0 aliphatic rings. The number of para-hydroxylation sites is 1. The Kier molecular flexibility index (Phi) is 6.72. The van der Waals surface area contributed by atoms with Gasteiger partial charge in [0.2, 0.25) is 0 Å². The first-order valence-electron chi connectivity index (χ1n) is 7.37. The maximum atomic E-state index is 12.0. The number of urea groups is 1. The normalized spacial score (nSPS) is 13.3. The second-order valence-corrected chi connectivity index (χ2v) is 5.21. The number of carbonyl (C=O) groups excluding carboxylic acids is 1. The number of anilines is 1. The summed E-state index contributed by atoms with van der Waals surface area (Å²) in [6.07, 6.45) is 2.53. The Hall–Kier alpha value is -2.04. The van der Waals surface area contributed by atoms with Crippen molar-refractivity contribution < 1.29 is 14.7 Å². The minimum Gasteiger partial charge on any atom is -0.480 e. The number of aryl methyl sites for hydroxylation is 1. The van der Waals surface area contributed by atoms with Gasteiger partial charge in [0.15, 0.2) is 0 Å². The van der Waals surface area contributed by atoms with Crippen LogP contribution in [0.3, 0.4) is 0 Å². The lowest BCUT2D eigenvalue weighted by Gasteiger charge is -2.21. The smallest absolute Gasteiger partial charge is 0.326 e. The molecule has 0 aliphatic heterocycles. The predicted octanol–water partition coefficient (Wildman–Crippen LogP) is 3.26. The lowest BCUT2D eigenvalue weighted by atomic mass is 9.99. The highest BCUT2D eigenvalue weighted by molar-refractivity contribution is 5.93. The lowest BCUT2D eigenvalue weighted by Crippen LogP contribution is -2.46. The van der Waals surface area contributed by atoms with Crippen LogP contribution in [0.15, 0.2) is 24.3 Å². The molecule has 0 aromatic heterocycles. The number of amides is 2. The molecule has 2 amide bonds. The molecule has 0 spiro atoms. The largest absolute Gasteiger partial charge is 0.480 e. The summed E-state index contributed by atoms with van der Waals surface area (Å²) in [6, 6.07) is 6.19. The number of carboxylic acid groups (broad SMARTS) is 1. The quantitative estimate of drug-likeness (QED) is 0.721. The molecule has 0 saturated carbocycles. The number of hydrogen-bond donors (Lipinski definition) is 3. The molecule has 0 saturated heterocycles. The molecular weight excluding hydrogens is 268 g/mol. The van der Waals surface area contributed by atoms with E-state index >= 15 is 0 Å². The third-order valence-corrected chi connectivity index (χ3v) is 3.55. The third kappa shape index (κ3) is 5.10. The summed E-state index contributed by atoms with van der Waals surface area (Å²) in [7, 11) is 0. The zero-order valence-electron chi connectivity index (χ0n) is 12.8. The van der Waals surface area contributed by atoms with Gasteiger partial charge in [-0.2, -0.15) is 0 Å². The van der Waals surface area contributed by atoms with Crippen LogP contribution in [0.5, 0.6) is 0 Å². The molecule has 21 heavy (non-hydrogen) atoms. The van der Waals surface area contributed by atoms with Crippen molar-refractivity contribution in [3.05, 3.63) is 29.8 Å². The summed E-state index contributed by atoms with van der Waals surface area (Å²) in [4.78, 5) is 23.2. The Morgan fingerprint density at radius 3 is 2.48 bits per heavy atom. The SMILES string of the molecule is CCCc1ccccc1NC(=O)N[C@H](C(=O)O)[C@@H](C)CC. The summed E-state index contributed by atoms with van der Waals surface area (Å²) in [6.45, 7) is 5.78. The van der Waals surface area contributed by atoms with Gasteiger partial charge in [-0.15, -0.1) is 0 Å². The fourth-order valence-electron chi connectivity index (χ4n) is 2.11. The first-order valence-corrected chi connectivity index (χ1v) is 7.37. The average Bonchev–Trinajstić information content (AvgIpc) is 2.46. The van der Waals surface area contributed by atoms with Gasteiger partial charge >= 0.3 is 12.0 Å². The zero-order valence-corrected chi connectivity index (χ0v) is 12.8. The Morgan fingerprint density at radius 1 is 1.24 bits per heavy atom. The molecule has 0 bridgehead atoms. The molecule has 2 atom stereocenters. The van der Waals surface area contributed by atoms with Crippen LogP contribution in [0.1, 0.15) is 39.2 Å². The van der Waals surface area contributed by atoms with E-state index in [1.165, 1.54) is 0 Å². The van der Waals surface area contributed by atoms with Gasteiger partial charge in [0.1, 0.15) is 6.04 Å². The van der Waals surface area contributed by atoms with Crippen molar-refractivity contribution >= 4 is 17.7 Å². The topological polar surface area (TPSA) is 78.4 Å². The molecule has 1 rings (SSSR count). The molecule has 0 fully saturated rings. The number of rotatable bonds is 7. The molecule has 116 valence electrons. The first kappa shape index (κ1) is 17.0. The van der Waals surface area contributed by atoms with Gasteiger partial charge < -0.3 is 15.7 Å². The Bertz CT molecular complexity index is 488. The predicted molar refractivity (Wildman–Crippen MR) is 83.5 cm³/mol. The van der Waals surface area contributed by atoms with E-state index in [0.717, 1.165) is 24.1 Å². The number of benzene rings is 1. The molecule has 5 heteroatoms. The van der Waals surface area contributed by atoms with E-state index < -0.39 is 18.0 Å². The van der Waals surface area contributed by atoms with E-state index in [0.29, 0.717) is 6.42 Å². The van der Waals surface area contributed by atoms with Crippen molar-refractivity contribution in [1.29, 1.82) is 0 Å². The maximum Gasteiger partial charge on any atom is 0.326 e. The summed E-state index contributed by atoms with van der Waals surface area (Å²) in [5.41, 5.74) is 1.77. The van der Waals surface area contributed by atoms with Crippen molar-refractivity contribution in [2.24, 2.45) is 5.92 Å². The highest BCUT2D eigenvalue weighted by Gasteiger charge is 2.25. The van der Waals surface area contributed by atoms with Crippen molar-refractivity contribution in [1.82, 2.24) is 5.32 Å². The van der Waals surface area contributed by atoms with Crippen LogP contribution in [0, 0.1) is 5.92 Å². The molecule has 3 N–H and O–H groups in total. The Balaban J connectivity index is 2.74. The van der Waals surface area contributed by atoms with Crippen LogP contribution in [-0.2, 0) is 11.2 Å². The fourth-order valence-corrected chi connectivity index (χ4v) is 2.11. The van der Waals surface area contributed by atoms with Crippen molar-refractivity contribution in [2.45, 2.75) is 46.1 Å². The van der Waals surface area contributed by atoms with Gasteiger partial charge in [0, 0.05) is 5.69 Å². The van der Waals surface area contributed by atoms with E-state index in [9.17, 15) is 14.7 Å². The number of nitrogens with one attached hydrogen (secondary N) is 2. The highest BCUT2D eigenvalue weighted by atomic mass is 16.4. The van der Waals surface area contributed by atoms with Gasteiger partial charge in [-0.25, -0.2) is 9.59 Å². The summed E-state index contributed by atoms with van der Waals surface area (Å²) < 4.78 is 0. The summed E-state index contributed by atoms with van der Waals surface area (Å²) in [5, 5.41) is 14.5. The maximum absolute atomic E-state index is 12.0. The molecule has 0 unspecified atom stereocenters. The monoisotopic (exact) mass is 292 g/mol. The molecule has 1 aromatic carbocycles. The van der Waals surface area contributed by atoms with Gasteiger partial charge in [0.25, 0.3) is 0 Å². The van der Waals surface area contributed by atoms with Gasteiger partial charge in [-0.05, 0) is 24.0 Å². The van der Waals surface area contributed by atoms with Crippen LogP contribution in [0.25, 0.3) is 0 Å².